The predicted octanol–water partition coefficient (Wildman–Crippen LogP) is 6.88. The monoisotopic (exact) mass is 663 g/mol. The van der Waals surface area contributed by atoms with Gasteiger partial charge in [0.05, 0.1) is 26.8 Å². The molecule has 0 aliphatic heterocycles. The van der Waals surface area contributed by atoms with Crippen LogP contribution in [0.4, 0.5) is 26.0 Å². The number of aromatic nitrogens is 7. The first-order valence-corrected chi connectivity index (χ1v) is 15.3. The predicted molar refractivity (Wildman–Crippen MR) is 166 cm³/mol. The molecule has 3 N–H and O–H groups in total. The van der Waals surface area contributed by atoms with Gasteiger partial charge in [-0.05, 0) is 42.5 Å². The zero-order valence-electron chi connectivity index (χ0n) is 22.5. The van der Waals surface area contributed by atoms with E-state index in [2.05, 4.69) is 35.0 Å². The van der Waals surface area contributed by atoms with E-state index >= 15 is 8.78 Å². The molecule has 0 bridgehead atoms. The Hall–Kier alpha value is -5.18. The van der Waals surface area contributed by atoms with Gasteiger partial charge in [-0.15, -0.1) is 0 Å². The van der Waals surface area contributed by atoms with Gasteiger partial charge in [-0.3, -0.25) is 4.72 Å². The number of anilines is 3. The molecule has 7 rings (SSSR count). The second-order valence-corrected chi connectivity index (χ2v) is 12.0. The molecule has 0 aliphatic carbocycles. The highest BCUT2D eigenvalue weighted by Crippen LogP contribution is 2.34. The molecule has 0 saturated heterocycles. The number of imidazole rings is 1. The highest BCUT2D eigenvalue weighted by atomic mass is 35.5. The second-order valence-electron chi connectivity index (χ2n) is 9.54. The van der Waals surface area contributed by atoms with Gasteiger partial charge in [0.15, 0.2) is 23.3 Å². The van der Waals surface area contributed by atoms with E-state index in [0.717, 1.165) is 23.0 Å². The molecule has 3 aromatic carbocycles. The molecule has 0 aliphatic rings. The van der Waals surface area contributed by atoms with Crippen molar-refractivity contribution in [3.63, 3.8) is 0 Å². The lowest BCUT2D eigenvalue weighted by Crippen LogP contribution is -2.15. The van der Waals surface area contributed by atoms with Gasteiger partial charge in [0, 0.05) is 17.8 Å². The lowest BCUT2D eigenvalue weighted by molar-refractivity contribution is 0.588. The molecule has 16 heteroatoms. The summed E-state index contributed by atoms with van der Waals surface area (Å²) in [5.74, 6) is -1.35. The van der Waals surface area contributed by atoms with Crippen LogP contribution in [0.2, 0.25) is 10.0 Å². The van der Waals surface area contributed by atoms with Crippen molar-refractivity contribution in [1.82, 2.24) is 34.7 Å². The largest absolute Gasteiger partial charge is 0.343 e. The number of halogens is 4. The quantitative estimate of drug-likeness (QED) is 0.167. The lowest BCUT2D eigenvalue weighted by atomic mass is 10.2. The maximum absolute atomic E-state index is 15.7. The van der Waals surface area contributed by atoms with Gasteiger partial charge < -0.3 is 10.3 Å². The molecule has 224 valence electrons. The van der Waals surface area contributed by atoms with Crippen molar-refractivity contribution in [3.8, 4) is 17.3 Å². The maximum atomic E-state index is 15.7. The molecule has 0 unspecified atom stereocenters. The van der Waals surface area contributed by atoms with Gasteiger partial charge in [0.2, 0.25) is 0 Å². The summed E-state index contributed by atoms with van der Waals surface area (Å²) in [4.78, 5) is 20.1. The molecular weight excluding hydrogens is 647 g/mol. The van der Waals surface area contributed by atoms with Gasteiger partial charge in [-0.25, -0.2) is 41.8 Å². The molecule has 0 saturated carbocycles. The van der Waals surface area contributed by atoms with E-state index in [-0.39, 0.29) is 26.3 Å². The van der Waals surface area contributed by atoms with E-state index in [1.165, 1.54) is 24.5 Å². The molecule has 0 atom stereocenters. The van der Waals surface area contributed by atoms with Crippen molar-refractivity contribution in [2.75, 3.05) is 10.0 Å². The van der Waals surface area contributed by atoms with E-state index in [1.54, 1.807) is 29.2 Å². The Bertz CT molecular complexity index is 2370. The Morgan fingerprint density at radius 2 is 1.76 bits per heavy atom. The van der Waals surface area contributed by atoms with Gasteiger partial charge in [-0.2, -0.15) is 5.10 Å². The van der Waals surface area contributed by atoms with Crippen LogP contribution in [0.3, 0.4) is 0 Å². The molecule has 0 amide bonds. The van der Waals surface area contributed by atoms with E-state index in [9.17, 15) is 8.42 Å². The highest BCUT2D eigenvalue weighted by Gasteiger charge is 2.24. The topological polar surface area (TPSA) is 143 Å². The minimum atomic E-state index is -4.41. The molecule has 0 fully saturated rings. The fraction of sp³-hybridized carbons (Fsp3) is 0. The summed E-state index contributed by atoms with van der Waals surface area (Å²) in [5, 5.41) is 7.91. The molecule has 4 heterocycles. The number of benzene rings is 3. The Morgan fingerprint density at radius 1 is 0.911 bits per heavy atom. The molecule has 4 aromatic heterocycles. The molecule has 45 heavy (non-hydrogen) atoms. The minimum absolute atomic E-state index is 0.00992. The van der Waals surface area contributed by atoms with Crippen molar-refractivity contribution >= 4 is 72.4 Å². The summed E-state index contributed by atoms with van der Waals surface area (Å²) in [6, 6.07) is 16.7. The Kier molecular flexibility index (Phi) is 7.03. The van der Waals surface area contributed by atoms with Gasteiger partial charge in [0.1, 0.15) is 33.9 Å². The Balaban J connectivity index is 1.29. The van der Waals surface area contributed by atoms with E-state index < -0.39 is 33.0 Å². The average Bonchev–Trinajstić information content (AvgIpc) is 3.70. The molecule has 0 radical (unpaired) electrons. The third-order valence-electron chi connectivity index (χ3n) is 6.78. The SMILES string of the molecule is O=S(=O)(Nc1ccc(F)c(Nc2ncnc3ccc(-n4nc(-c5ncc[nH]5)c5ccccc54)nc23)c1F)c1cccc(Cl)c1Cl. The van der Waals surface area contributed by atoms with E-state index in [0.29, 0.717) is 22.9 Å². The maximum Gasteiger partial charge on any atom is 0.263 e. The van der Waals surface area contributed by atoms with Crippen LogP contribution in [0.25, 0.3) is 39.3 Å². The average molecular weight is 664 g/mol. The summed E-state index contributed by atoms with van der Waals surface area (Å²) in [7, 11) is -4.41. The van der Waals surface area contributed by atoms with Gasteiger partial charge in [-0.1, -0.05) is 47.5 Å². The number of hydrogen-bond acceptors (Lipinski definition) is 8. The molecule has 0 spiro atoms. The number of nitrogens with zero attached hydrogens (tertiary/aromatic N) is 6. The zero-order valence-corrected chi connectivity index (χ0v) is 24.8. The van der Waals surface area contributed by atoms with Crippen molar-refractivity contribution in [3.05, 3.63) is 107 Å². The summed E-state index contributed by atoms with van der Waals surface area (Å²) in [6.07, 6.45) is 4.52. The summed E-state index contributed by atoms with van der Waals surface area (Å²) in [6.45, 7) is 0. The summed E-state index contributed by atoms with van der Waals surface area (Å²) >= 11 is 12.0. The van der Waals surface area contributed by atoms with Crippen LogP contribution in [-0.2, 0) is 10.0 Å². The van der Waals surface area contributed by atoms with Gasteiger partial charge in [0.25, 0.3) is 10.0 Å². The van der Waals surface area contributed by atoms with Crippen molar-refractivity contribution < 1.29 is 17.2 Å². The van der Waals surface area contributed by atoms with Crippen LogP contribution >= 0.6 is 23.2 Å². The second kappa shape index (κ2) is 11.1. The smallest absolute Gasteiger partial charge is 0.263 e. The summed E-state index contributed by atoms with van der Waals surface area (Å²) in [5.41, 5.74) is 0.651. The zero-order chi connectivity index (χ0) is 31.3. The lowest BCUT2D eigenvalue weighted by Gasteiger charge is -2.15. The summed E-state index contributed by atoms with van der Waals surface area (Å²) < 4.78 is 60.5. The normalized spacial score (nSPS) is 11.7. The number of para-hydroxylation sites is 1. The fourth-order valence-corrected chi connectivity index (χ4v) is 6.53. The van der Waals surface area contributed by atoms with Crippen LogP contribution in [0.15, 0.2) is 90.3 Å². The highest BCUT2D eigenvalue weighted by molar-refractivity contribution is 7.92. The third-order valence-corrected chi connectivity index (χ3v) is 9.12. The Labute approximate surface area is 263 Å². The Morgan fingerprint density at radius 3 is 2.58 bits per heavy atom. The first-order chi connectivity index (χ1) is 21.7. The first kappa shape index (κ1) is 28.6. The first-order valence-electron chi connectivity index (χ1n) is 13.0. The van der Waals surface area contributed by atoms with E-state index in [4.69, 9.17) is 28.3 Å². The molecular formula is C29H17Cl2F2N9O2S. The van der Waals surface area contributed by atoms with Crippen LogP contribution < -0.4 is 10.0 Å². The number of nitrogens with one attached hydrogen (secondary N) is 3. The number of H-pyrrole nitrogens is 1. The van der Waals surface area contributed by atoms with E-state index in [1.807, 2.05) is 24.3 Å². The number of sulfonamides is 1. The van der Waals surface area contributed by atoms with Crippen LogP contribution in [-0.4, -0.2) is 43.1 Å². The fourth-order valence-electron chi connectivity index (χ4n) is 4.71. The number of aromatic amines is 1. The number of hydrogen-bond donors (Lipinski definition) is 3. The van der Waals surface area contributed by atoms with Crippen LogP contribution in [0.5, 0.6) is 0 Å². The standard InChI is InChI=1S/C29H17Cl2F2N9O2S/c30-16-5-3-7-21(23(16)31)45(43,44)41-18-9-8-17(32)26(24(18)33)39-29-27-19(36-14-37-29)10-11-22(38-27)42-20-6-2-1-4-15(20)25(40-42)28-34-12-13-35-28/h1-14,41H,(H,34,35)(H,36,37,39). The molecule has 7 aromatic rings. The number of fused-ring (bicyclic) bond motifs is 2. The molecule has 11 nitrogen and oxygen atoms in total. The van der Waals surface area contributed by atoms with Crippen LogP contribution in [0.1, 0.15) is 0 Å². The van der Waals surface area contributed by atoms with Crippen molar-refractivity contribution in [2.24, 2.45) is 0 Å². The minimum Gasteiger partial charge on any atom is -0.343 e. The van der Waals surface area contributed by atoms with Crippen LogP contribution in [0, 0.1) is 11.6 Å². The van der Waals surface area contributed by atoms with Crippen molar-refractivity contribution in [1.29, 1.82) is 0 Å². The van der Waals surface area contributed by atoms with Gasteiger partial charge >= 0.3 is 0 Å². The number of rotatable bonds is 7. The third kappa shape index (κ3) is 5.08. The van der Waals surface area contributed by atoms with Crippen molar-refractivity contribution in [2.45, 2.75) is 4.90 Å². The number of pyridine rings is 1.